The van der Waals surface area contributed by atoms with Gasteiger partial charge in [-0.05, 0) is 36.8 Å². The lowest BCUT2D eigenvalue weighted by Gasteiger charge is -2.25. The van der Waals surface area contributed by atoms with Crippen molar-refractivity contribution in [3.8, 4) is 0 Å². The summed E-state index contributed by atoms with van der Waals surface area (Å²) in [7, 11) is 0. The summed E-state index contributed by atoms with van der Waals surface area (Å²) < 4.78 is 14.9. The van der Waals surface area contributed by atoms with Crippen molar-refractivity contribution in [1.82, 2.24) is 35.6 Å². The van der Waals surface area contributed by atoms with E-state index in [0.717, 1.165) is 28.3 Å². The number of nitrogens with zero attached hydrogens (tertiary/aromatic N) is 6. The van der Waals surface area contributed by atoms with E-state index in [0.29, 0.717) is 24.2 Å². The Hall–Kier alpha value is -4.12. The normalized spacial score (nSPS) is 11.3. The number of hydrogen-bond donors (Lipinski definition) is 4. The van der Waals surface area contributed by atoms with E-state index in [-0.39, 0.29) is 18.4 Å². The molecule has 0 bridgehead atoms. The number of hydrogen-bond acceptors (Lipinski definition) is 8. The summed E-state index contributed by atoms with van der Waals surface area (Å²) in [6.07, 6.45) is 3.24. The monoisotopic (exact) mass is 419 g/mol. The Morgan fingerprint density at radius 3 is 2.90 bits per heavy atom. The van der Waals surface area contributed by atoms with Gasteiger partial charge in [0.15, 0.2) is 11.6 Å². The Bertz CT molecular complexity index is 1350. The van der Waals surface area contributed by atoms with Crippen LogP contribution in [-0.2, 0) is 0 Å². The van der Waals surface area contributed by atoms with Gasteiger partial charge in [-0.1, -0.05) is 6.07 Å². The molecule has 0 fully saturated rings. The average Bonchev–Trinajstić information content (AvgIpc) is 3.45. The fraction of sp³-hybridized carbons (Fsp3) is 0.150. The SMILES string of the molecule is OCCCN(c1nc(Nc2ccc3n[nH]nc3c2)ncc1F)c1cccc2[nH]ncc12. The third-order valence-electron chi connectivity index (χ3n) is 4.85. The number of aliphatic hydroxyl groups is 1. The van der Waals surface area contributed by atoms with Crippen LogP contribution >= 0.6 is 0 Å². The topological polar surface area (TPSA) is 132 Å². The molecule has 0 unspecified atom stereocenters. The van der Waals surface area contributed by atoms with Crippen molar-refractivity contribution >= 4 is 45.1 Å². The predicted molar refractivity (Wildman–Crippen MR) is 114 cm³/mol. The number of aliphatic hydroxyl groups excluding tert-OH is 1. The zero-order valence-corrected chi connectivity index (χ0v) is 16.2. The summed E-state index contributed by atoms with van der Waals surface area (Å²) in [5.41, 5.74) is 3.66. The largest absolute Gasteiger partial charge is 0.396 e. The quantitative estimate of drug-likeness (QED) is 0.317. The molecule has 0 aliphatic heterocycles. The van der Waals surface area contributed by atoms with E-state index >= 15 is 0 Å². The van der Waals surface area contributed by atoms with Gasteiger partial charge in [-0.2, -0.15) is 25.5 Å². The first-order valence-electron chi connectivity index (χ1n) is 9.63. The highest BCUT2D eigenvalue weighted by Crippen LogP contribution is 2.32. The molecule has 0 saturated heterocycles. The molecule has 11 heteroatoms. The third-order valence-corrected chi connectivity index (χ3v) is 4.85. The lowest BCUT2D eigenvalue weighted by Crippen LogP contribution is -2.22. The van der Waals surface area contributed by atoms with Crippen LogP contribution in [0.5, 0.6) is 0 Å². The van der Waals surface area contributed by atoms with Gasteiger partial charge in [-0.25, -0.2) is 9.37 Å². The molecule has 3 aromatic heterocycles. The molecule has 3 heterocycles. The van der Waals surface area contributed by atoms with Gasteiger partial charge in [0.2, 0.25) is 5.95 Å². The van der Waals surface area contributed by atoms with E-state index in [2.05, 4.69) is 40.9 Å². The van der Waals surface area contributed by atoms with Crippen LogP contribution in [0.15, 0.2) is 48.8 Å². The zero-order valence-electron chi connectivity index (χ0n) is 16.2. The number of anilines is 4. The molecule has 4 N–H and O–H groups in total. The van der Waals surface area contributed by atoms with E-state index in [1.165, 1.54) is 0 Å². The number of fused-ring (bicyclic) bond motifs is 2. The third kappa shape index (κ3) is 3.62. The van der Waals surface area contributed by atoms with Crippen molar-refractivity contribution in [1.29, 1.82) is 0 Å². The van der Waals surface area contributed by atoms with Crippen LogP contribution in [0.4, 0.5) is 27.5 Å². The van der Waals surface area contributed by atoms with E-state index in [4.69, 9.17) is 0 Å². The number of aromatic amines is 2. The highest BCUT2D eigenvalue weighted by atomic mass is 19.1. The van der Waals surface area contributed by atoms with Crippen LogP contribution in [0.2, 0.25) is 0 Å². The van der Waals surface area contributed by atoms with Gasteiger partial charge in [0.05, 0.1) is 23.6 Å². The summed E-state index contributed by atoms with van der Waals surface area (Å²) in [6, 6.07) is 11.0. The summed E-state index contributed by atoms with van der Waals surface area (Å²) in [5.74, 6) is -0.245. The Balaban J connectivity index is 1.53. The molecule has 0 atom stereocenters. The van der Waals surface area contributed by atoms with Gasteiger partial charge in [0.25, 0.3) is 0 Å². The molecule has 156 valence electrons. The van der Waals surface area contributed by atoms with Crippen molar-refractivity contribution < 1.29 is 9.50 Å². The van der Waals surface area contributed by atoms with E-state index < -0.39 is 5.82 Å². The Morgan fingerprint density at radius 1 is 1.10 bits per heavy atom. The van der Waals surface area contributed by atoms with Gasteiger partial charge in [0.1, 0.15) is 11.0 Å². The fourth-order valence-electron chi connectivity index (χ4n) is 3.41. The van der Waals surface area contributed by atoms with Crippen LogP contribution in [0.3, 0.4) is 0 Å². The highest BCUT2D eigenvalue weighted by Gasteiger charge is 2.19. The Kier molecular flexibility index (Phi) is 4.84. The minimum atomic E-state index is -0.573. The molecule has 5 rings (SSSR count). The van der Waals surface area contributed by atoms with Crippen LogP contribution in [-0.4, -0.2) is 53.8 Å². The molecule has 0 amide bonds. The molecule has 0 radical (unpaired) electrons. The minimum Gasteiger partial charge on any atom is -0.396 e. The van der Waals surface area contributed by atoms with Crippen molar-refractivity contribution in [2.75, 3.05) is 23.4 Å². The van der Waals surface area contributed by atoms with Crippen LogP contribution in [0, 0.1) is 5.82 Å². The van der Waals surface area contributed by atoms with Crippen molar-refractivity contribution in [3.63, 3.8) is 0 Å². The van der Waals surface area contributed by atoms with Gasteiger partial charge in [-0.15, -0.1) is 0 Å². The second kappa shape index (κ2) is 7.95. The molecule has 0 aliphatic carbocycles. The van der Waals surface area contributed by atoms with Crippen LogP contribution < -0.4 is 10.2 Å². The van der Waals surface area contributed by atoms with Crippen LogP contribution in [0.25, 0.3) is 21.9 Å². The molecule has 31 heavy (non-hydrogen) atoms. The number of H-pyrrole nitrogens is 2. The van der Waals surface area contributed by atoms with Gasteiger partial charge < -0.3 is 15.3 Å². The van der Waals surface area contributed by atoms with Gasteiger partial charge >= 0.3 is 0 Å². The van der Waals surface area contributed by atoms with Gasteiger partial charge in [0, 0.05) is 24.2 Å². The molecular weight excluding hydrogens is 401 g/mol. The molecule has 2 aromatic carbocycles. The summed E-state index contributed by atoms with van der Waals surface area (Å²) in [4.78, 5) is 10.2. The van der Waals surface area contributed by atoms with Gasteiger partial charge in [-0.3, -0.25) is 5.10 Å². The second-order valence-corrected chi connectivity index (χ2v) is 6.85. The molecular formula is C20H18FN9O. The maximum absolute atomic E-state index is 14.9. The smallest absolute Gasteiger partial charge is 0.229 e. The highest BCUT2D eigenvalue weighted by molar-refractivity contribution is 5.93. The lowest BCUT2D eigenvalue weighted by atomic mass is 10.2. The van der Waals surface area contributed by atoms with Crippen molar-refractivity contribution in [2.24, 2.45) is 0 Å². The fourth-order valence-corrected chi connectivity index (χ4v) is 3.41. The van der Waals surface area contributed by atoms with E-state index in [1.54, 1.807) is 23.2 Å². The average molecular weight is 419 g/mol. The molecule has 5 aromatic rings. The molecule has 0 spiro atoms. The van der Waals surface area contributed by atoms with E-state index in [9.17, 15) is 9.50 Å². The molecule has 10 nitrogen and oxygen atoms in total. The maximum atomic E-state index is 14.9. The predicted octanol–water partition coefficient (Wildman–Crippen LogP) is 3.03. The minimum absolute atomic E-state index is 0.0343. The number of halogens is 1. The molecule has 0 aliphatic rings. The summed E-state index contributed by atoms with van der Waals surface area (Å²) in [6.45, 7) is 0.326. The Labute approximate surface area is 175 Å². The first-order chi connectivity index (χ1) is 15.2. The Morgan fingerprint density at radius 2 is 2.00 bits per heavy atom. The van der Waals surface area contributed by atoms with Crippen LogP contribution in [0.1, 0.15) is 6.42 Å². The standard InChI is InChI=1S/C20H18FN9O/c21-14-11-22-20(24-12-5-6-16-17(9-12)28-29-27-16)25-19(14)30(7-2-8-31)18-4-1-3-15-13(18)10-23-26-15/h1,3-6,9-11,31H,2,7-8H2,(H,23,26)(H,22,24,25)(H,27,28,29). The number of aromatic nitrogens is 7. The number of nitrogens with one attached hydrogen (secondary N) is 3. The first-order valence-corrected chi connectivity index (χ1v) is 9.63. The summed E-state index contributed by atoms with van der Waals surface area (Å²) >= 11 is 0. The first kappa shape index (κ1) is 18.9. The number of benzene rings is 2. The van der Waals surface area contributed by atoms with Crippen molar-refractivity contribution in [3.05, 3.63) is 54.6 Å². The van der Waals surface area contributed by atoms with Crippen molar-refractivity contribution in [2.45, 2.75) is 6.42 Å². The lowest BCUT2D eigenvalue weighted by molar-refractivity contribution is 0.290. The maximum Gasteiger partial charge on any atom is 0.229 e. The summed E-state index contributed by atoms with van der Waals surface area (Å²) in [5, 5.41) is 30.9. The molecule has 0 saturated carbocycles. The van der Waals surface area contributed by atoms with E-state index in [1.807, 2.05) is 24.3 Å². The number of rotatable bonds is 7. The zero-order chi connectivity index (χ0) is 21.2. The second-order valence-electron chi connectivity index (χ2n) is 6.85.